The molecule has 0 bridgehead atoms. The molecule has 0 aliphatic heterocycles. The van der Waals surface area contributed by atoms with Crippen LogP contribution in [0.2, 0.25) is 0 Å². The number of rotatable bonds is 5. The van der Waals surface area contributed by atoms with Crippen LogP contribution in [-0.2, 0) is 4.79 Å². The Balaban J connectivity index is 2.70. The lowest BCUT2D eigenvalue weighted by Gasteiger charge is -2.14. The van der Waals surface area contributed by atoms with Gasteiger partial charge in [-0.3, -0.25) is 9.59 Å². The number of Topliss-reactive ketones (excluding diaryl/α,β-unsaturated/α-hetero) is 1. The average molecular weight is 252 g/mol. The van der Waals surface area contributed by atoms with Crippen molar-refractivity contribution in [3.8, 4) is 0 Å². The van der Waals surface area contributed by atoms with Crippen molar-refractivity contribution in [2.45, 2.75) is 13.0 Å². The molecule has 0 heterocycles. The van der Waals surface area contributed by atoms with Crippen LogP contribution >= 0.6 is 11.8 Å². The van der Waals surface area contributed by atoms with E-state index in [0.29, 0.717) is 17.0 Å². The molecule has 0 aliphatic rings. The molecule has 17 heavy (non-hydrogen) atoms. The third-order valence-corrected chi connectivity index (χ3v) is 2.97. The number of carbonyl (C=O) groups is 2. The topological polar surface area (TPSA) is 72.2 Å². The van der Waals surface area contributed by atoms with E-state index < -0.39 is 6.04 Å². The maximum atomic E-state index is 11.8. The molecule has 0 aromatic heterocycles. The van der Waals surface area contributed by atoms with Gasteiger partial charge in [0.2, 0.25) is 0 Å². The van der Waals surface area contributed by atoms with E-state index in [2.05, 4.69) is 5.32 Å². The Bertz CT molecular complexity index is 403. The molecule has 1 aromatic carbocycles. The summed E-state index contributed by atoms with van der Waals surface area (Å²) in [4.78, 5) is 23.1. The first-order valence-corrected chi connectivity index (χ1v) is 6.59. The van der Waals surface area contributed by atoms with E-state index in [0.717, 1.165) is 0 Å². The minimum Gasteiger partial charge on any atom is -0.399 e. The minimum absolute atomic E-state index is 0.0388. The van der Waals surface area contributed by atoms with Gasteiger partial charge >= 0.3 is 0 Å². The maximum Gasteiger partial charge on any atom is 0.251 e. The standard InChI is InChI=1S/C12H16N2O2S/c1-8(15)11(7-17-2)14-12(16)9-3-5-10(13)6-4-9/h3-6,11H,7,13H2,1-2H3,(H,14,16)/t11-/m0/s1. The summed E-state index contributed by atoms with van der Waals surface area (Å²) in [6.45, 7) is 1.48. The van der Waals surface area contributed by atoms with E-state index >= 15 is 0 Å². The Labute approximate surface area is 105 Å². The van der Waals surface area contributed by atoms with E-state index in [1.165, 1.54) is 18.7 Å². The van der Waals surface area contributed by atoms with Crippen molar-refractivity contribution in [2.75, 3.05) is 17.7 Å². The molecule has 1 atom stereocenters. The summed E-state index contributed by atoms with van der Waals surface area (Å²) in [5, 5.41) is 2.70. The van der Waals surface area contributed by atoms with E-state index in [1.807, 2.05) is 6.26 Å². The molecule has 4 nitrogen and oxygen atoms in total. The third kappa shape index (κ3) is 4.11. The first-order chi connectivity index (χ1) is 8.04. The first-order valence-electron chi connectivity index (χ1n) is 5.20. The van der Waals surface area contributed by atoms with Gasteiger partial charge in [0.05, 0.1) is 6.04 Å². The molecular weight excluding hydrogens is 236 g/mol. The van der Waals surface area contributed by atoms with Gasteiger partial charge in [-0.2, -0.15) is 11.8 Å². The summed E-state index contributed by atoms with van der Waals surface area (Å²) in [5.41, 5.74) is 6.65. The fourth-order valence-corrected chi connectivity index (χ4v) is 1.95. The van der Waals surface area contributed by atoms with Crippen molar-refractivity contribution >= 4 is 29.1 Å². The highest BCUT2D eigenvalue weighted by molar-refractivity contribution is 7.98. The Morgan fingerprint density at radius 1 is 1.35 bits per heavy atom. The number of nitrogen functional groups attached to an aromatic ring is 1. The zero-order chi connectivity index (χ0) is 12.8. The van der Waals surface area contributed by atoms with E-state index in [4.69, 9.17) is 5.73 Å². The normalized spacial score (nSPS) is 11.9. The van der Waals surface area contributed by atoms with E-state index in [-0.39, 0.29) is 11.7 Å². The Morgan fingerprint density at radius 3 is 2.41 bits per heavy atom. The van der Waals surface area contributed by atoms with Crippen LogP contribution in [0, 0.1) is 0 Å². The fourth-order valence-electron chi connectivity index (χ4n) is 1.30. The van der Waals surface area contributed by atoms with Gasteiger partial charge in [-0.25, -0.2) is 0 Å². The summed E-state index contributed by atoms with van der Waals surface area (Å²) in [5.74, 6) is 0.290. The minimum atomic E-state index is -0.435. The third-order valence-electron chi connectivity index (χ3n) is 2.30. The van der Waals surface area contributed by atoms with E-state index in [9.17, 15) is 9.59 Å². The Morgan fingerprint density at radius 2 is 1.94 bits per heavy atom. The summed E-state index contributed by atoms with van der Waals surface area (Å²) in [6.07, 6.45) is 1.89. The number of nitrogens with one attached hydrogen (secondary N) is 1. The van der Waals surface area contributed by atoms with Gasteiger partial charge in [0.25, 0.3) is 5.91 Å². The molecule has 0 fully saturated rings. The smallest absolute Gasteiger partial charge is 0.251 e. The highest BCUT2D eigenvalue weighted by atomic mass is 32.2. The molecule has 1 aromatic rings. The van der Waals surface area contributed by atoms with Crippen LogP contribution in [0.1, 0.15) is 17.3 Å². The number of hydrogen-bond acceptors (Lipinski definition) is 4. The summed E-state index contributed by atoms with van der Waals surface area (Å²) >= 11 is 1.52. The molecule has 1 amide bonds. The lowest BCUT2D eigenvalue weighted by atomic mass is 10.1. The zero-order valence-electron chi connectivity index (χ0n) is 9.90. The van der Waals surface area contributed by atoms with Crippen LogP contribution in [0.15, 0.2) is 24.3 Å². The summed E-state index contributed by atoms with van der Waals surface area (Å²) in [6, 6.07) is 6.16. The van der Waals surface area contributed by atoms with Gasteiger partial charge in [-0.15, -0.1) is 0 Å². The highest BCUT2D eigenvalue weighted by Gasteiger charge is 2.17. The molecule has 0 radical (unpaired) electrons. The number of benzene rings is 1. The van der Waals surface area contributed by atoms with E-state index in [1.54, 1.807) is 24.3 Å². The molecule has 0 saturated heterocycles. The van der Waals surface area contributed by atoms with Crippen molar-refractivity contribution < 1.29 is 9.59 Å². The van der Waals surface area contributed by atoms with Crippen molar-refractivity contribution in [1.82, 2.24) is 5.32 Å². The quantitative estimate of drug-likeness (QED) is 0.775. The molecule has 0 aliphatic carbocycles. The number of thioether (sulfide) groups is 1. The van der Waals surface area contributed by atoms with Crippen molar-refractivity contribution in [3.05, 3.63) is 29.8 Å². The van der Waals surface area contributed by atoms with Gasteiger partial charge in [0, 0.05) is 17.0 Å². The lowest BCUT2D eigenvalue weighted by Crippen LogP contribution is -2.41. The predicted octanol–water partition coefficient (Wildman–Crippen LogP) is 1.32. The number of nitrogens with two attached hydrogens (primary N) is 1. The zero-order valence-corrected chi connectivity index (χ0v) is 10.7. The van der Waals surface area contributed by atoms with Crippen LogP contribution in [0.25, 0.3) is 0 Å². The van der Waals surface area contributed by atoms with Crippen molar-refractivity contribution in [2.24, 2.45) is 0 Å². The van der Waals surface area contributed by atoms with Crippen LogP contribution in [0.3, 0.4) is 0 Å². The Hall–Kier alpha value is -1.49. The summed E-state index contributed by atoms with van der Waals surface area (Å²) in [7, 11) is 0. The predicted molar refractivity (Wildman–Crippen MR) is 71.2 cm³/mol. The molecule has 0 unspecified atom stereocenters. The molecule has 92 valence electrons. The Kier molecular flexibility index (Phi) is 5.03. The second kappa shape index (κ2) is 6.30. The number of anilines is 1. The molecule has 5 heteroatoms. The maximum absolute atomic E-state index is 11.8. The lowest BCUT2D eigenvalue weighted by molar-refractivity contribution is -0.118. The van der Waals surface area contributed by atoms with Crippen molar-refractivity contribution in [3.63, 3.8) is 0 Å². The van der Waals surface area contributed by atoms with Gasteiger partial charge < -0.3 is 11.1 Å². The molecule has 0 saturated carbocycles. The van der Waals surface area contributed by atoms with Crippen LogP contribution < -0.4 is 11.1 Å². The molecule has 0 spiro atoms. The van der Waals surface area contributed by atoms with Crippen LogP contribution in [-0.4, -0.2) is 29.7 Å². The van der Waals surface area contributed by atoms with Gasteiger partial charge in [0.15, 0.2) is 5.78 Å². The first kappa shape index (κ1) is 13.6. The fraction of sp³-hybridized carbons (Fsp3) is 0.333. The van der Waals surface area contributed by atoms with Crippen LogP contribution in [0.4, 0.5) is 5.69 Å². The second-order valence-electron chi connectivity index (χ2n) is 3.71. The molecule has 1 rings (SSSR count). The summed E-state index contributed by atoms with van der Waals surface area (Å²) < 4.78 is 0. The molecule has 3 N–H and O–H groups in total. The van der Waals surface area contributed by atoms with Crippen LogP contribution in [0.5, 0.6) is 0 Å². The number of amides is 1. The highest BCUT2D eigenvalue weighted by Crippen LogP contribution is 2.06. The SMILES string of the molecule is CSC[C@H](NC(=O)c1ccc(N)cc1)C(C)=O. The average Bonchev–Trinajstić information content (AvgIpc) is 2.29. The largest absolute Gasteiger partial charge is 0.399 e. The van der Waals surface area contributed by atoms with Gasteiger partial charge in [-0.1, -0.05) is 0 Å². The van der Waals surface area contributed by atoms with Gasteiger partial charge in [0.1, 0.15) is 0 Å². The molecular formula is C12H16N2O2S. The van der Waals surface area contributed by atoms with Gasteiger partial charge in [-0.05, 0) is 37.4 Å². The number of carbonyl (C=O) groups excluding carboxylic acids is 2. The number of ketones is 1. The second-order valence-corrected chi connectivity index (χ2v) is 4.62. The van der Waals surface area contributed by atoms with Crippen molar-refractivity contribution in [1.29, 1.82) is 0 Å². The monoisotopic (exact) mass is 252 g/mol. The number of hydrogen-bond donors (Lipinski definition) is 2.